The molecule has 4 heteroatoms. The van der Waals surface area contributed by atoms with E-state index in [0.717, 1.165) is 43.4 Å². The maximum atomic E-state index is 6.24. The Morgan fingerprint density at radius 3 is 2.52 bits per heavy atom. The number of benzene rings is 1. The number of methoxy groups -OCH3 is 1. The second kappa shape index (κ2) is 6.55. The van der Waals surface area contributed by atoms with E-state index in [1.165, 1.54) is 5.56 Å². The number of ether oxygens (including phenoxy) is 2. The third-order valence-corrected chi connectivity index (χ3v) is 4.37. The summed E-state index contributed by atoms with van der Waals surface area (Å²) in [5.41, 5.74) is 1.29. The van der Waals surface area contributed by atoms with Crippen molar-refractivity contribution in [1.29, 1.82) is 0 Å². The summed E-state index contributed by atoms with van der Waals surface area (Å²) in [5.74, 6) is 0.914. The van der Waals surface area contributed by atoms with Crippen LogP contribution in [0.25, 0.3) is 0 Å². The first-order valence-electron chi connectivity index (χ1n) is 7.53. The molecule has 2 rings (SSSR count). The minimum Gasteiger partial charge on any atom is -0.496 e. The van der Waals surface area contributed by atoms with Gasteiger partial charge in [-0.25, -0.2) is 0 Å². The summed E-state index contributed by atoms with van der Waals surface area (Å²) in [6, 6.07) is 5.90. The van der Waals surface area contributed by atoms with Crippen LogP contribution in [0.1, 0.15) is 39.2 Å². The van der Waals surface area contributed by atoms with E-state index in [4.69, 9.17) is 21.1 Å². The van der Waals surface area contributed by atoms with Gasteiger partial charge in [-0.2, -0.15) is 0 Å². The van der Waals surface area contributed by atoms with Crippen molar-refractivity contribution in [2.24, 2.45) is 0 Å². The molecular formula is C17H26ClNO2. The molecule has 1 heterocycles. The van der Waals surface area contributed by atoms with Gasteiger partial charge in [0, 0.05) is 41.3 Å². The number of rotatable bonds is 4. The van der Waals surface area contributed by atoms with Gasteiger partial charge in [0.1, 0.15) is 5.75 Å². The quantitative estimate of drug-likeness (QED) is 0.918. The zero-order valence-corrected chi connectivity index (χ0v) is 14.2. The fourth-order valence-corrected chi connectivity index (χ4v) is 3.00. The van der Waals surface area contributed by atoms with Crippen molar-refractivity contribution >= 4 is 11.6 Å². The molecule has 1 N–H and O–H groups in total. The third-order valence-electron chi connectivity index (χ3n) is 4.14. The summed E-state index contributed by atoms with van der Waals surface area (Å²) >= 11 is 6.24. The fourth-order valence-electron chi connectivity index (χ4n) is 2.83. The van der Waals surface area contributed by atoms with Crippen molar-refractivity contribution in [3.05, 3.63) is 28.8 Å². The normalized spacial score (nSPS) is 18.5. The highest BCUT2D eigenvalue weighted by Crippen LogP contribution is 2.41. The molecule has 1 saturated heterocycles. The first kappa shape index (κ1) is 16.6. The second-order valence-electron chi connectivity index (χ2n) is 6.84. The Hall–Kier alpha value is -0.770. The van der Waals surface area contributed by atoms with Crippen LogP contribution in [0.3, 0.4) is 0 Å². The number of hydrogen-bond acceptors (Lipinski definition) is 3. The van der Waals surface area contributed by atoms with Crippen LogP contribution in [0.2, 0.25) is 5.02 Å². The van der Waals surface area contributed by atoms with Crippen molar-refractivity contribution in [2.75, 3.05) is 26.9 Å². The minimum absolute atomic E-state index is 0.0156. The molecule has 0 aliphatic carbocycles. The Morgan fingerprint density at radius 2 is 1.95 bits per heavy atom. The van der Waals surface area contributed by atoms with Crippen LogP contribution in [-0.2, 0) is 10.2 Å². The van der Waals surface area contributed by atoms with Crippen LogP contribution in [-0.4, -0.2) is 32.4 Å². The monoisotopic (exact) mass is 311 g/mol. The number of nitrogens with one attached hydrogen (secondary N) is 1. The molecule has 21 heavy (non-hydrogen) atoms. The SMILES string of the molecule is COc1ccc(Cl)cc1C1(CNC(C)(C)C)CCOCC1. The Kier molecular flexibility index (Phi) is 5.18. The van der Waals surface area contributed by atoms with Crippen molar-refractivity contribution in [3.63, 3.8) is 0 Å². The van der Waals surface area contributed by atoms with Gasteiger partial charge in [0.05, 0.1) is 7.11 Å². The molecule has 0 aromatic heterocycles. The molecule has 1 aromatic carbocycles. The topological polar surface area (TPSA) is 30.5 Å². The molecule has 0 amide bonds. The zero-order valence-electron chi connectivity index (χ0n) is 13.5. The summed E-state index contributed by atoms with van der Waals surface area (Å²) in [7, 11) is 1.72. The first-order valence-corrected chi connectivity index (χ1v) is 7.91. The average Bonchev–Trinajstić information content (AvgIpc) is 2.45. The molecule has 118 valence electrons. The van der Waals surface area contributed by atoms with Gasteiger partial charge < -0.3 is 14.8 Å². The highest BCUT2D eigenvalue weighted by molar-refractivity contribution is 6.30. The lowest BCUT2D eigenvalue weighted by Crippen LogP contribution is -2.48. The molecule has 3 nitrogen and oxygen atoms in total. The van der Waals surface area contributed by atoms with Gasteiger partial charge in [-0.05, 0) is 51.8 Å². The van der Waals surface area contributed by atoms with Crippen LogP contribution >= 0.6 is 11.6 Å². The molecule has 0 unspecified atom stereocenters. The second-order valence-corrected chi connectivity index (χ2v) is 7.28. The molecule has 0 atom stereocenters. The van der Waals surface area contributed by atoms with E-state index < -0.39 is 0 Å². The van der Waals surface area contributed by atoms with Gasteiger partial charge in [0.2, 0.25) is 0 Å². The molecule has 1 aromatic rings. The first-order chi connectivity index (χ1) is 9.86. The minimum atomic E-state index is 0.0156. The van der Waals surface area contributed by atoms with Gasteiger partial charge in [-0.3, -0.25) is 0 Å². The molecule has 0 spiro atoms. The highest BCUT2D eigenvalue weighted by Gasteiger charge is 2.37. The summed E-state index contributed by atoms with van der Waals surface area (Å²) in [6.07, 6.45) is 1.96. The van der Waals surface area contributed by atoms with Crippen LogP contribution in [0.4, 0.5) is 0 Å². The molecule has 0 saturated carbocycles. The lowest BCUT2D eigenvalue weighted by molar-refractivity contribution is 0.0468. The van der Waals surface area contributed by atoms with Crippen LogP contribution in [0, 0.1) is 0 Å². The average molecular weight is 312 g/mol. The summed E-state index contributed by atoms with van der Waals surface area (Å²) in [6.45, 7) is 9.03. The van der Waals surface area contributed by atoms with E-state index in [9.17, 15) is 0 Å². The summed E-state index contributed by atoms with van der Waals surface area (Å²) < 4.78 is 11.2. The number of hydrogen-bond donors (Lipinski definition) is 1. The van der Waals surface area contributed by atoms with E-state index in [-0.39, 0.29) is 11.0 Å². The maximum Gasteiger partial charge on any atom is 0.122 e. The lowest BCUT2D eigenvalue weighted by Gasteiger charge is -2.40. The van der Waals surface area contributed by atoms with E-state index in [0.29, 0.717) is 0 Å². The van der Waals surface area contributed by atoms with E-state index in [1.54, 1.807) is 7.11 Å². The Labute approximate surface area is 133 Å². The standard InChI is InChI=1S/C17H26ClNO2/c1-16(2,3)19-12-17(7-9-21-10-8-17)14-11-13(18)5-6-15(14)20-4/h5-6,11,19H,7-10,12H2,1-4H3. The number of halogens is 1. The molecule has 0 bridgehead atoms. The molecule has 0 radical (unpaired) electrons. The fraction of sp³-hybridized carbons (Fsp3) is 0.647. The molecule has 1 aliphatic heterocycles. The van der Waals surface area contributed by atoms with Gasteiger partial charge in [0.25, 0.3) is 0 Å². The predicted octanol–water partition coefficient (Wildman–Crippen LogP) is 3.78. The van der Waals surface area contributed by atoms with Crippen molar-refractivity contribution < 1.29 is 9.47 Å². The third kappa shape index (κ3) is 4.12. The smallest absolute Gasteiger partial charge is 0.122 e. The van der Waals surface area contributed by atoms with Crippen molar-refractivity contribution in [3.8, 4) is 5.75 Å². The molecular weight excluding hydrogens is 286 g/mol. The van der Waals surface area contributed by atoms with Crippen LogP contribution < -0.4 is 10.1 Å². The Balaban J connectivity index is 2.37. The van der Waals surface area contributed by atoms with Crippen LogP contribution in [0.5, 0.6) is 5.75 Å². The Bertz CT molecular complexity index is 476. The summed E-state index contributed by atoms with van der Waals surface area (Å²) in [5, 5.41) is 4.40. The molecule has 1 aliphatic rings. The predicted molar refractivity (Wildman–Crippen MR) is 87.5 cm³/mol. The van der Waals surface area contributed by atoms with E-state index in [1.807, 2.05) is 12.1 Å². The summed E-state index contributed by atoms with van der Waals surface area (Å²) in [4.78, 5) is 0. The lowest BCUT2D eigenvalue weighted by atomic mass is 9.73. The zero-order chi connectivity index (χ0) is 15.5. The highest BCUT2D eigenvalue weighted by atomic mass is 35.5. The van der Waals surface area contributed by atoms with Gasteiger partial charge in [-0.1, -0.05) is 11.6 Å². The van der Waals surface area contributed by atoms with Crippen molar-refractivity contribution in [1.82, 2.24) is 5.32 Å². The van der Waals surface area contributed by atoms with E-state index in [2.05, 4.69) is 32.2 Å². The molecule has 1 fully saturated rings. The maximum absolute atomic E-state index is 6.24. The van der Waals surface area contributed by atoms with Gasteiger partial charge in [0.15, 0.2) is 0 Å². The van der Waals surface area contributed by atoms with E-state index >= 15 is 0 Å². The van der Waals surface area contributed by atoms with Crippen LogP contribution in [0.15, 0.2) is 18.2 Å². The van der Waals surface area contributed by atoms with Crippen molar-refractivity contribution in [2.45, 2.75) is 44.6 Å². The largest absolute Gasteiger partial charge is 0.496 e. The van der Waals surface area contributed by atoms with Gasteiger partial charge >= 0.3 is 0 Å². The van der Waals surface area contributed by atoms with Gasteiger partial charge in [-0.15, -0.1) is 0 Å². The Morgan fingerprint density at radius 1 is 1.29 bits per heavy atom.